The first kappa shape index (κ1) is 14.0. The van der Waals surface area contributed by atoms with Gasteiger partial charge in [0.15, 0.2) is 5.11 Å². The van der Waals surface area contributed by atoms with Gasteiger partial charge in [0.25, 0.3) is 0 Å². The van der Waals surface area contributed by atoms with E-state index in [9.17, 15) is 4.39 Å². The molecular formula is C14H12BrFN2S. The third kappa shape index (κ3) is 3.75. The van der Waals surface area contributed by atoms with Gasteiger partial charge in [0.1, 0.15) is 5.82 Å². The van der Waals surface area contributed by atoms with E-state index in [-0.39, 0.29) is 5.82 Å². The number of nitrogens with one attached hydrogen (secondary N) is 2. The predicted molar refractivity (Wildman–Crippen MR) is 85.1 cm³/mol. The first-order valence-electron chi connectivity index (χ1n) is 5.65. The molecular weight excluding hydrogens is 327 g/mol. The maximum Gasteiger partial charge on any atom is 0.175 e. The van der Waals surface area contributed by atoms with Crippen molar-refractivity contribution in [1.29, 1.82) is 0 Å². The average Bonchev–Trinajstić information content (AvgIpc) is 2.36. The molecule has 19 heavy (non-hydrogen) atoms. The molecule has 0 fully saturated rings. The minimum absolute atomic E-state index is 0.342. The molecule has 0 aromatic heterocycles. The van der Waals surface area contributed by atoms with E-state index in [1.165, 1.54) is 6.07 Å². The molecule has 2 N–H and O–H groups in total. The summed E-state index contributed by atoms with van der Waals surface area (Å²) >= 11 is 8.38. The van der Waals surface area contributed by atoms with Crippen LogP contribution in [0.5, 0.6) is 0 Å². The van der Waals surface area contributed by atoms with E-state index >= 15 is 0 Å². The normalized spacial score (nSPS) is 10.1. The summed E-state index contributed by atoms with van der Waals surface area (Å²) in [5.74, 6) is -0.358. The number of benzene rings is 2. The van der Waals surface area contributed by atoms with E-state index in [2.05, 4.69) is 26.6 Å². The van der Waals surface area contributed by atoms with Crippen LogP contribution in [0.25, 0.3) is 0 Å². The summed E-state index contributed by atoms with van der Waals surface area (Å²) in [5.41, 5.74) is 2.31. The largest absolute Gasteiger partial charge is 0.332 e. The number of hydrogen-bond acceptors (Lipinski definition) is 1. The van der Waals surface area contributed by atoms with Crippen molar-refractivity contribution < 1.29 is 4.39 Å². The molecule has 0 unspecified atom stereocenters. The standard InChI is InChI=1S/C14H12BrFN2S/c1-9-4-2-3-5-12(9)17-14(19)18-13-7-6-10(15)8-11(13)16/h2-8H,1H3,(H2,17,18,19). The highest BCUT2D eigenvalue weighted by molar-refractivity contribution is 9.10. The highest BCUT2D eigenvalue weighted by Crippen LogP contribution is 2.20. The molecule has 0 aliphatic carbocycles. The van der Waals surface area contributed by atoms with Gasteiger partial charge in [-0.25, -0.2) is 4.39 Å². The maximum absolute atomic E-state index is 13.6. The van der Waals surface area contributed by atoms with Crippen molar-refractivity contribution in [3.8, 4) is 0 Å². The fourth-order valence-electron chi connectivity index (χ4n) is 1.58. The van der Waals surface area contributed by atoms with Gasteiger partial charge < -0.3 is 10.6 Å². The fraction of sp³-hybridized carbons (Fsp3) is 0.0714. The van der Waals surface area contributed by atoms with Gasteiger partial charge in [0.2, 0.25) is 0 Å². The van der Waals surface area contributed by atoms with Crippen LogP contribution in [0.4, 0.5) is 15.8 Å². The molecule has 0 saturated heterocycles. The van der Waals surface area contributed by atoms with E-state index in [1.54, 1.807) is 12.1 Å². The lowest BCUT2D eigenvalue weighted by atomic mass is 10.2. The van der Waals surface area contributed by atoms with Gasteiger partial charge in [-0.2, -0.15) is 0 Å². The predicted octanol–water partition coefficient (Wildman–Crippen LogP) is 4.71. The van der Waals surface area contributed by atoms with E-state index in [4.69, 9.17) is 12.2 Å². The van der Waals surface area contributed by atoms with Crippen molar-refractivity contribution in [2.45, 2.75) is 6.92 Å². The van der Waals surface area contributed by atoms with Crippen molar-refractivity contribution >= 4 is 44.6 Å². The Balaban J connectivity index is 2.08. The molecule has 0 aliphatic rings. The highest BCUT2D eigenvalue weighted by Gasteiger charge is 2.05. The van der Waals surface area contributed by atoms with Crippen LogP contribution in [-0.2, 0) is 0 Å². The van der Waals surface area contributed by atoms with Crippen LogP contribution in [0.1, 0.15) is 5.56 Å². The third-order valence-electron chi connectivity index (χ3n) is 2.57. The van der Waals surface area contributed by atoms with Crippen molar-refractivity contribution in [2.75, 3.05) is 10.6 Å². The van der Waals surface area contributed by atoms with Gasteiger partial charge in [-0.3, -0.25) is 0 Å². The summed E-state index contributed by atoms with van der Waals surface area (Å²) in [6, 6.07) is 12.5. The summed E-state index contributed by atoms with van der Waals surface area (Å²) in [7, 11) is 0. The Labute approximate surface area is 125 Å². The minimum atomic E-state index is -0.358. The number of para-hydroxylation sites is 1. The van der Waals surface area contributed by atoms with Gasteiger partial charge >= 0.3 is 0 Å². The SMILES string of the molecule is Cc1ccccc1NC(=S)Nc1ccc(Br)cc1F. The molecule has 0 amide bonds. The number of rotatable bonds is 2. The molecule has 2 aromatic carbocycles. The molecule has 0 bridgehead atoms. The van der Waals surface area contributed by atoms with Gasteiger partial charge in [-0.1, -0.05) is 34.1 Å². The molecule has 0 spiro atoms. The van der Waals surface area contributed by atoms with Crippen molar-refractivity contribution in [3.63, 3.8) is 0 Å². The smallest absolute Gasteiger partial charge is 0.175 e. The van der Waals surface area contributed by atoms with Crippen LogP contribution in [-0.4, -0.2) is 5.11 Å². The van der Waals surface area contributed by atoms with Crippen LogP contribution in [0.2, 0.25) is 0 Å². The second-order valence-corrected chi connectivity index (χ2v) is 5.34. The zero-order valence-electron chi connectivity index (χ0n) is 10.2. The monoisotopic (exact) mass is 338 g/mol. The van der Waals surface area contributed by atoms with Crippen LogP contribution in [0.3, 0.4) is 0 Å². The molecule has 98 valence electrons. The van der Waals surface area contributed by atoms with Crippen molar-refractivity contribution in [1.82, 2.24) is 0 Å². The molecule has 2 nitrogen and oxygen atoms in total. The molecule has 2 rings (SSSR count). The summed E-state index contributed by atoms with van der Waals surface area (Å²) < 4.78 is 14.3. The van der Waals surface area contributed by atoms with Crippen LogP contribution in [0, 0.1) is 12.7 Å². The average molecular weight is 339 g/mol. The maximum atomic E-state index is 13.6. The Kier molecular flexibility index (Phi) is 4.50. The fourth-order valence-corrected chi connectivity index (χ4v) is 2.13. The van der Waals surface area contributed by atoms with Crippen molar-refractivity contribution in [3.05, 3.63) is 58.3 Å². The summed E-state index contributed by atoms with van der Waals surface area (Å²) in [4.78, 5) is 0. The molecule has 0 saturated carbocycles. The molecule has 2 aromatic rings. The lowest BCUT2D eigenvalue weighted by Crippen LogP contribution is -2.20. The van der Waals surface area contributed by atoms with E-state index in [1.807, 2.05) is 31.2 Å². The lowest BCUT2D eigenvalue weighted by Gasteiger charge is -2.13. The zero-order valence-corrected chi connectivity index (χ0v) is 12.6. The molecule has 0 aliphatic heterocycles. The number of anilines is 2. The number of thiocarbonyl (C=S) groups is 1. The number of hydrogen-bond donors (Lipinski definition) is 2. The van der Waals surface area contributed by atoms with E-state index in [0.29, 0.717) is 15.3 Å². The highest BCUT2D eigenvalue weighted by atomic mass is 79.9. The van der Waals surface area contributed by atoms with E-state index < -0.39 is 0 Å². The molecule has 5 heteroatoms. The number of aryl methyl sites for hydroxylation is 1. The number of halogens is 2. The van der Waals surface area contributed by atoms with Gasteiger partial charge in [0, 0.05) is 10.2 Å². The first-order chi connectivity index (χ1) is 9.06. The second-order valence-electron chi connectivity index (χ2n) is 4.02. The molecule has 0 radical (unpaired) electrons. The third-order valence-corrected chi connectivity index (χ3v) is 3.27. The molecule has 0 heterocycles. The van der Waals surface area contributed by atoms with Crippen molar-refractivity contribution in [2.24, 2.45) is 0 Å². The Morgan fingerprint density at radius 1 is 1.11 bits per heavy atom. The van der Waals surface area contributed by atoms with E-state index in [0.717, 1.165) is 11.3 Å². The summed E-state index contributed by atoms with van der Waals surface area (Å²) in [6.45, 7) is 1.98. The Morgan fingerprint density at radius 2 is 1.79 bits per heavy atom. The summed E-state index contributed by atoms with van der Waals surface area (Å²) in [6.07, 6.45) is 0. The van der Waals surface area contributed by atoms with Crippen LogP contribution < -0.4 is 10.6 Å². The van der Waals surface area contributed by atoms with Gasteiger partial charge in [-0.05, 0) is 49.0 Å². The Hall–Kier alpha value is -1.46. The van der Waals surface area contributed by atoms with Gasteiger partial charge in [0.05, 0.1) is 5.69 Å². The first-order valence-corrected chi connectivity index (χ1v) is 6.85. The Bertz CT molecular complexity index is 616. The Morgan fingerprint density at radius 3 is 2.47 bits per heavy atom. The summed E-state index contributed by atoms with van der Waals surface area (Å²) in [5, 5.41) is 6.24. The lowest BCUT2D eigenvalue weighted by molar-refractivity contribution is 0.631. The van der Waals surface area contributed by atoms with Crippen LogP contribution >= 0.6 is 28.1 Å². The van der Waals surface area contributed by atoms with Gasteiger partial charge in [-0.15, -0.1) is 0 Å². The molecule has 0 atom stereocenters. The minimum Gasteiger partial charge on any atom is -0.332 e. The quantitative estimate of drug-likeness (QED) is 0.775. The topological polar surface area (TPSA) is 24.1 Å². The zero-order chi connectivity index (χ0) is 13.8. The van der Waals surface area contributed by atoms with Crippen LogP contribution in [0.15, 0.2) is 46.9 Å². The second kappa shape index (κ2) is 6.12.